The van der Waals surface area contributed by atoms with Crippen molar-refractivity contribution in [2.24, 2.45) is 29.1 Å². The maximum atomic E-state index is 12.8. The molecule has 2 saturated heterocycles. The lowest BCUT2D eigenvalue weighted by Gasteiger charge is -2.42. The Balaban J connectivity index is 1.63. The summed E-state index contributed by atoms with van der Waals surface area (Å²) in [6, 6.07) is 0. The van der Waals surface area contributed by atoms with E-state index in [9.17, 15) is 19.8 Å². The number of carbonyl (C=O) groups is 2. The highest BCUT2D eigenvalue weighted by Gasteiger charge is 2.65. The minimum absolute atomic E-state index is 0.0488. The summed E-state index contributed by atoms with van der Waals surface area (Å²) in [5.74, 6) is -1.43. The molecule has 2 unspecified atom stereocenters. The van der Waals surface area contributed by atoms with Gasteiger partial charge in [0.1, 0.15) is 12.2 Å². The lowest BCUT2D eigenvalue weighted by molar-refractivity contribution is -0.152. The van der Waals surface area contributed by atoms with Gasteiger partial charge < -0.3 is 24.6 Å². The zero-order chi connectivity index (χ0) is 20.9. The fourth-order valence-corrected chi connectivity index (χ4v) is 6.86. The molecule has 9 atom stereocenters. The van der Waals surface area contributed by atoms with E-state index in [1.54, 1.807) is 0 Å². The Labute approximate surface area is 172 Å². The van der Waals surface area contributed by atoms with Crippen molar-refractivity contribution in [3.8, 4) is 0 Å². The second-order valence-corrected chi connectivity index (χ2v) is 9.97. The Morgan fingerprint density at radius 2 is 1.93 bits per heavy atom. The van der Waals surface area contributed by atoms with Gasteiger partial charge in [-0.3, -0.25) is 9.59 Å². The number of hydrogen-bond acceptors (Lipinski definition) is 7. The number of ether oxygens (including phenoxy) is 2. The minimum Gasteiger partial charge on any atom is -0.462 e. The first kappa shape index (κ1) is 21.1. The van der Waals surface area contributed by atoms with E-state index in [-0.39, 0.29) is 41.7 Å². The van der Waals surface area contributed by atoms with Crippen molar-refractivity contribution in [2.45, 2.75) is 77.3 Å². The summed E-state index contributed by atoms with van der Waals surface area (Å²) in [4.78, 5) is 26.7. The molecule has 2 aliphatic heterocycles. The van der Waals surface area contributed by atoms with Crippen LogP contribution in [0, 0.1) is 29.1 Å². The van der Waals surface area contributed by atoms with E-state index in [2.05, 4.69) is 11.8 Å². The zero-order valence-electron chi connectivity index (χ0n) is 17.8. The van der Waals surface area contributed by atoms with Gasteiger partial charge in [0.2, 0.25) is 0 Å². The lowest BCUT2D eigenvalue weighted by Crippen LogP contribution is -2.51. The molecule has 4 fully saturated rings. The predicted octanol–water partition coefficient (Wildman–Crippen LogP) is 1.35. The molecular formula is C22H35NO6. The van der Waals surface area contributed by atoms with Gasteiger partial charge in [-0.05, 0) is 38.3 Å². The number of aliphatic hydroxyl groups excluding tert-OH is 2. The van der Waals surface area contributed by atoms with Gasteiger partial charge in [-0.2, -0.15) is 0 Å². The molecule has 2 saturated carbocycles. The molecule has 4 rings (SSSR count). The molecule has 4 aliphatic rings. The van der Waals surface area contributed by atoms with Crippen LogP contribution in [0.2, 0.25) is 0 Å². The first-order chi connectivity index (χ1) is 13.7. The summed E-state index contributed by atoms with van der Waals surface area (Å²) in [6.07, 6.45) is 1.98. The molecule has 0 aromatic carbocycles. The van der Waals surface area contributed by atoms with Crippen LogP contribution in [0.5, 0.6) is 0 Å². The lowest BCUT2D eigenvalue weighted by atomic mass is 9.66. The third-order valence-electron chi connectivity index (χ3n) is 8.20. The summed E-state index contributed by atoms with van der Waals surface area (Å²) in [5.41, 5.74) is -0.840. The molecule has 0 bridgehead atoms. The summed E-state index contributed by atoms with van der Waals surface area (Å²) in [7, 11) is 0. The SMILES string of the molecule is CC(=O)O[C@H]1C[C@H](O)[C@]2(C)C1[C@H](C)C[C@@H]1OC(=O)C(CN3CCCCC3)[C@H]1[C@@H]2O. The fraction of sp³-hybridized carbons (Fsp3) is 0.909. The van der Waals surface area contributed by atoms with Gasteiger partial charge in [-0.1, -0.05) is 20.3 Å². The van der Waals surface area contributed by atoms with Crippen molar-refractivity contribution in [2.75, 3.05) is 19.6 Å². The monoisotopic (exact) mass is 409 g/mol. The number of likely N-dealkylation sites (tertiary alicyclic amines) is 1. The van der Waals surface area contributed by atoms with Gasteiger partial charge in [0.15, 0.2) is 0 Å². The first-order valence-corrected chi connectivity index (χ1v) is 11.2. The van der Waals surface area contributed by atoms with Crippen LogP contribution >= 0.6 is 0 Å². The molecule has 0 aromatic heterocycles. The minimum atomic E-state index is -0.890. The number of fused-ring (bicyclic) bond motifs is 2. The Bertz CT molecular complexity index is 649. The van der Waals surface area contributed by atoms with E-state index < -0.39 is 23.7 Å². The molecule has 7 nitrogen and oxygen atoms in total. The Hall–Kier alpha value is -1.18. The topological polar surface area (TPSA) is 96.3 Å². The summed E-state index contributed by atoms with van der Waals surface area (Å²) < 4.78 is 11.3. The second kappa shape index (κ2) is 7.82. The standard InChI is InChI=1S/C22H35NO6/c1-12-9-15-18(14(21(27)29-15)11-23-7-5-4-6-8-23)20(26)22(3)17(25)10-16(19(12)22)28-13(2)24/h12,14-20,25-26H,4-11H2,1-3H3/t12-,14?,15+,16+,17+,18-,19?,20+,22-/m1/s1. The smallest absolute Gasteiger partial charge is 0.311 e. The van der Waals surface area contributed by atoms with Gasteiger partial charge in [-0.15, -0.1) is 0 Å². The molecule has 0 spiro atoms. The molecular weight excluding hydrogens is 374 g/mol. The van der Waals surface area contributed by atoms with Gasteiger partial charge in [0, 0.05) is 37.1 Å². The molecule has 2 N–H and O–H groups in total. The molecule has 0 aromatic rings. The van der Waals surface area contributed by atoms with E-state index in [0.29, 0.717) is 19.4 Å². The number of rotatable bonds is 3. The normalized spacial score (nSPS) is 47.8. The molecule has 7 heteroatoms. The largest absolute Gasteiger partial charge is 0.462 e. The number of piperidine rings is 1. The average Bonchev–Trinajstić information content (AvgIpc) is 3.06. The Kier molecular flexibility index (Phi) is 5.68. The first-order valence-electron chi connectivity index (χ1n) is 11.2. The highest BCUT2D eigenvalue weighted by atomic mass is 16.6. The number of nitrogens with zero attached hydrogens (tertiary/aromatic N) is 1. The molecule has 0 radical (unpaired) electrons. The Morgan fingerprint density at radius 1 is 1.24 bits per heavy atom. The molecule has 164 valence electrons. The fourth-order valence-electron chi connectivity index (χ4n) is 6.86. The highest BCUT2D eigenvalue weighted by molar-refractivity contribution is 5.76. The zero-order valence-corrected chi connectivity index (χ0v) is 17.8. The van der Waals surface area contributed by atoms with E-state index in [4.69, 9.17) is 9.47 Å². The maximum absolute atomic E-state index is 12.8. The van der Waals surface area contributed by atoms with Gasteiger partial charge >= 0.3 is 11.9 Å². The van der Waals surface area contributed by atoms with E-state index in [1.807, 2.05) is 6.92 Å². The number of carbonyl (C=O) groups excluding carboxylic acids is 2. The second-order valence-electron chi connectivity index (χ2n) is 9.97. The van der Waals surface area contributed by atoms with Crippen LogP contribution in [-0.4, -0.2) is 71.1 Å². The van der Waals surface area contributed by atoms with Crippen LogP contribution in [0.15, 0.2) is 0 Å². The van der Waals surface area contributed by atoms with Gasteiger partial charge in [0.05, 0.1) is 18.1 Å². The van der Waals surface area contributed by atoms with Crippen LogP contribution in [0.4, 0.5) is 0 Å². The van der Waals surface area contributed by atoms with Crippen molar-refractivity contribution in [1.82, 2.24) is 4.90 Å². The van der Waals surface area contributed by atoms with Crippen molar-refractivity contribution in [3.05, 3.63) is 0 Å². The van der Waals surface area contributed by atoms with Crippen LogP contribution in [0.3, 0.4) is 0 Å². The van der Waals surface area contributed by atoms with Crippen LogP contribution in [-0.2, 0) is 19.1 Å². The van der Waals surface area contributed by atoms with Gasteiger partial charge in [0.25, 0.3) is 0 Å². The van der Waals surface area contributed by atoms with Crippen LogP contribution in [0.1, 0.15) is 52.9 Å². The highest BCUT2D eigenvalue weighted by Crippen LogP contribution is 2.58. The van der Waals surface area contributed by atoms with Crippen molar-refractivity contribution < 1.29 is 29.3 Å². The van der Waals surface area contributed by atoms with E-state index >= 15 is 0 Å². The average molecular weight is 410 g/mol. The van der Waals surface area contributed by atoms with E-state index in [1.165, 1.54) is 13.3 Å². The summed E-state index contributed by atoms with van der Waals surface area (Å²) in [5, 5.41) is 22.6. The summed E-state index contributed by atoms with van der Waals surface area (Å²) in [6.45, 7) is 7.89. The van der Waals surface area contributed by atoms with Crippen molar-refractivity contribution in [3.63, 3.8) is 0 Å². The molecule has 2 heterocycles. The number of hydrogen-bond donors (Lipinski definition) is 2. The number of aliphatic hydroxyl groups is 2. The molecule has 0 amide bonds. The molecule has 2 aliphatic carbocycles. The van der Waals surface area contributed by atoms with Crippen molar-refractivity contribution in [1.29, 1.82) is 0 Å². The number of esters is 2. The third kappa shape index (κ3) is 3.49. The third-order valence-corrected chi connectivity index (χ3v) is 8.20. The quantitative estimate of drug-likeness (QED) is 0.679. The Morgan fingerprint density at radius 3 is 2.59 bits per heavy atom. The summed E-state index contributed by atoms with van der Waals surface area (Å²) >= 11 is 0. The maximum Gasteiger partial charge on any atom is 0.311 e. The predicted molar refractivity (Wildman–Crippen MR) is 105 cm³/mol. The van der Waals surface area contributed by atoms with Crippen LogP contribution in [0.25, 0.3) is 0 Å². The van der Waals surface area contributed by atoms with E-state index in [0.717, 1.165) is 25.9 Å². The van der Waals surface area contributed by atoms with Crippen LogP contribution < -0.4 is 0 Å². The van der Waals surface area contributed by atoms with Gasteiger partial charge in [-0.25, -0.2) is 0 Å². The van der Waals surface area contributed by atoms with Crippen molar-refractivity contribution >= 4 is 11.9 Å². The molecule has 29 heavy (non-hydrogen) atoms.